The summed E-state index contributed by atoms with van der Waals surface area (Å²) in [6, 6.07) is 0. The fraction of sp³-hybridized carbons (Fsp3) is 0.333. The van der Waals surface area contributed by atoms with Gasteiger partial charge < -0.3 is 0 Å². The molecule has 0 aromatic heterocycles. The molecule has 0 heterocycles. The van der Waals surface area contributed by atoms with Crippen molar-refractivity contribution < 1.29 is 23.2 Å². The van der Waals surface area contributed by atoms with Crippen molar-refractivity contribution in [1.29, 1.82) is 0 Å². The van der Waals surface area contributed by atoms with Crippen LogP contribution in [0.3, 0.4) is 0 Å². The summed E-state index contributed by atoms with van der Waals surface area (Å²) in [4.78, 5) is 0. The minimum atomic E-state index is -0.0408. The Hall–Kier alpha value is 0.653. The molecule has 44 valence electrons. The third-order valence-electron chi connectivity index (χ3n) is 1.09. The minimum absolute atomic E-state index is 0. The van der Waals surface area contributed by atoms with E-state index in [1.165, 1.54) is 6.42 Å². The van der Waals surface area contributed by atoms with E-state index in [1.807, 2.05) is 0 Å². The molecule has 1 aliphatic carbocycles. The van der Waals surface area contributed by atoms with Gasteiger partial charge in [0.1, 0.15) is 0 Å². The van der Waals surface area contributed by atoms with Crippen molar-refractivity contribution in [2.45, 2.75) is 11.1 Å². The van der Waals surface area contributed by atoms with Crippen LogP contribution in [-0.2, 0) is 23.2 Å². The molecule has 0 saturated carbocycles. The van der Waals surface area contributed by atoms with E-state index in [0.717, 1.165) is 0 Å². The maximum atomic E-state index is 2.36. The van der Waals surface area contributed by atoms with Gasteiger partial charge in [0.05, 0.1) is 0 Å². The van der Waals surface area contributed by atoms with Gasteiger partial charge in [0.2, 0.25) is 0 Å². The molecule has 2 heteroatoms. The van der Waals surface area contributed by atoms with E-state index in [-0.39, 0.29) is 35.6 Å². The van der Waals surface area contributed by atoms with Crippen LogP contribution in [0.2, 0.25) is 4.63 Å². The normalized spacial score (nSPS) is 14.9. The van der Waals surface area contributed by atoms with Crippen LogP contribution in [0.1, 0.15) is 6.42 Å². The predicted molar refractivity (Wildman–Crippen MR) is 35.0 cm³/mol. The fourth-order valence-corrected chi connectivity index (χ4v) is 2.07. The van der Waals surface area contributed by atoms with Crippen molar-refractivity contribution in [3.63, 3.8) is 0 Å². The standard InChI is InChI=1S/C5H5.CH3.ClH.Zr/c1-2-4-5-3-1;;;/h1-3H,4H2;1H3;1H;. The second-order valence-electron chi connectivity index (χ2n) is 1.57. The topological polar surface area (TPSA) is 0 Å². The molecule has 1 rings (SSSR count). The van der Waals surface area contributed by atoms with Gasteiger partial charge in [-0.15, -0.1) is 12.4 Å². The summed E-state index contributed by atoms with van der Waals surface area (Å²) in [6.07, 6.45) is 7.94. The first-order valence-corrected chi connectivity index (χ1v) is 6.15. The Morgan fingerprint density at radius 1 is 1.62 bits per heavy atom. The quantitative estimate of drug-likeness (QED) is 0.620. The zero-order chi connectivity index (χ0) is 5.11. The average molecular weight is 208 g/mol. The molecule has 0 aromatic carbocycles. The molecule has 0 spiro atoms. The van der Waals surface area contributed by atoms with Crippen LogP contribution in [0.15, 0.2) is 21.5 Å². The molecule has 0 aromatic rings. The van der Waals surface area contributed by atoms with Gasteiger partial charge in [0.25, 0.3) is 0 Å². The van der Waals surface area contributed by atoms with Gasteiger partial charge in [-0.1, -0.05) is 0 Å². The summed E-state index contributed by atoms with van der Waals surface area (Å²) < 4.78 is 4.09. The van der Waals surface area contributed by atoms with Crippen molar-refractivity contribution in [1.82, 2.24) is 0 Å². The Morgan fingerprint density at radius 3 is 2.62 bits per heavy atom. The molecular weight excluding hydrogens is 199 g/mol. The maximum absolute atomic E-state index is 2.36. The third kappa shape index (κ3) is 2.28. The van der Waals surface area contributed by atoms with Crippen LogP contribution in [0.5, 0.6) is 0 Å². The first-order chi connectivity index (χ1) is 3.43. The number of hydrogen-bond donors (Lipinski definition) is 0. The summed E-state index contributed by atoms with van der Waals surface area (Å²) in [5, 5.41) is 0. The number of halogens is 1. The molecule has 0 saturated heterocycles. The molecular formula is C6H9ClZr. The Balaban J connectivity index is 0.000000490. The first-order valence-electron chi connectivity index (χ1n) is 2.47. The monoisotopic (exact) mass is 206 g/mol. The molecule has 0 radical (unpaired) electrons. The summed E-state index contributed by atoms with van der Waals surface area (Å²) in [5.41, 5.74) is 0. The summed E-state index contributed by atoms with van der Waals surface area (Å²) in [5.74, 6) is 0. The SMILES string of the molecule is Cl.[CH3][Zr][C]1=CC=CC1. The van der Waals surface area contributed by atoms with E-state index in [0.29, 0.717) is 0 Å². The van der Waals surface area contributed by atoms with Crippen LogP contribution in [0.25, 0.3) is 0 Å². The van der Waals surface area contributed by atoms with E-state index < -0.39 is 0 Å². The first kappa shape index (κ1) is 8.65. The molecule has 0 aliphatic heterocycles. The van der Waals surface area contributed by atoms with Gasteiger partial charge >= 0.3 is 55.8 Å². The fourth-order valence-electron chi connectivity index (χ4n) is 0.633. The van der Waals surface area contributed by atoms with Gasteiger partial charge in [-0.2, -0.15) is 0 Å². The molecule has 0 bridgehead atoms. The van der Waals surface area contributed by atoms with Crippen molar-refractivity contribution in [3.8, 4) is 0 Å². The van der Waals surface area contributed by atoms with Crippen LogP contribution in [0.4, 0.5) is 0 Å². The van der Waals surface area contributed by atoms with Crippen LogP contribution in [0, 0.1) is 0 Å². The van der Waals surface area contributed by atoms with Gasteiger partial charge in [-0.25, -0.2) is 0 Å². The average Bonchev–Trinajstić information content (AvgIpc) is 2.14. The van der Waals surface area contributed by atoms with Crippen molar-refractivity contribution in [2.75, 3.05) is 0 Å². The van der Waals surface area contributed by atoms with E-state index in [9.17, 15) is 0 Å². The van der Waals surface area contributed by atoms with Gasteiger partial charge in [0, 0.05) is 0 Å². The molecule has 0 amide bonds. The Morgan fingerprint density at radius 2 is 2.38 bits per heavy atom. The van der Waals surface area contributed by atoms with Crippen molar-refractivity contribution in [2.24, 2.45) is 0 Å². The summed E-state index contributed by atoms with van der Waals surface area (Å²) in [6.45, 7) is 0. The Labute approximate surface area is 68.0 Å². The second-order valence-corrected chi connectivity index (χ2v) is 4.38. The van der Waals surface area contributed by atoms with Crippen LogP contribution >= 0.6 is 12.4 Å². The molecule has 1 aliphatic rings. The predicted octanol–water partition coefficient (Wildman–Crippen LogP) is 2.38. The van der Waals surface area contributed by atoms with Gasteiger partial charge in [0.15, 0.2) is 0 Å². The molecule has 0 atom stereocenters. The van der Waals surface area contributed by atoms with E-state index in [2.05, 4.69) is 22.9 Å². The zero-order valence-corrected chi connectivity index (χ0v) is 8.12. The second kappa shape index (κ2) is 4.52. The van der Waals surface area contributed by atoms with E-state index >= 15 is 0 Å². The zero-order valence-electron chi connectivity index (χ0n) is 4.85. The molecule has 0 nitrogen and oxygen atoms in total. The molecule has 0 fully saturated rings. The van der Waals surface area contributed by atoms with Gasteiger partial charge in [-0.05, 0) is 0 Å². The molecule has 0 N–H and O–H groups in total. The number of hydrogen-bond acceptors (Lipinski definition) is 0. The third-order valence-corrected chi connectivity index (χ3v) is 3.58. The van der Waals surface area contributed by atoms with Gasteiger partial charge in [-0.3, -0.25) is 0 Å². The van der Waals surface area contributed by atoms with E-state index in [1.54, 1.807) is 3.28 Å². The number of rotatable bonds is 1. The molecule has 8 heavy (non-hydrogen) atoms. The van der Waals surface area contributed by atoms with Crippen molar-refractivity contribution in [3.05, 3.63) is 21.5 Å². The Bertz CT molecular complexity index is 116. The Kier molecular flexibility index (Phi) is 4.89. The summed E-state index contributed by atoms with van der Waals surface area (Å²) in [7, 11) is 0. The number of allylic oxidation sites excluding steroid dienone is 4. The van der Waals surface area contributed by atoms with E-state index in [4.69, 9.17) is 0 Å². The van der Waals surface area contributed by atoms with Crippen LogP contribution < -0.4 is 0 Å². The van der Waals surface area contributed by atoms with Crippen molar-refractivity contribution >= 4 is 12.4 Å². The van der Waals surface area contributed by atoms with Crippen LogP contribution in [-0.4, -0.2) is 0 Å². The summed E-state index contributed by atoms with van der Waals surface area (Å²) >= 11 is -0.0408. The molecule has 0 unspecified atom stereocenters.